The summed E-state index contributed by atoms with van der Waals surface area (Å²) in [6, 6.07) is 8.97. The molecule has 2 heterocycles. The molecule has 8 heteroatoms. The molecule has 0 spiro atoms. The maximum absolute atomic E-state index is 13.2. The van der Waals surface area contributed by atoms with Crippen LogP contribution in [0.3, 0.4) is 0 Å². The number of hydrogen-bond acceptors (Lipinski definition) is 4. The zero-order valence-corrected chi connectivity index (χ0v) is 15.1. The number of halogens is 3. The van der Waals surface area contributed by atoms with Crippen molar-refractivity contribution >= 4 is 17.4 Å². The van der Waals surface area contributed by atoms with E-state index in [4.69, 9.17) is 4.74 Å². The second kappa shape index (κ2) is 7.43. The van der Waals surface area contributed by atoms with Crippen molar-refractivity contribution in [1.82, 2.24) is 4.98 Å². The number of hydrogen-bond donors (Lipinski definition) is 1. The smallest absolute Gasteiger partial charge is 0.378 e. The van der Waals surface area contributed by atoms with E-state index in [0.29, 0.717) is 44.2 Å². The van der Waals surface area contributed by atoms with Crippen LogP contribution in [-0.4, -0.2) is 37.2 Å². The second-order valence-electron chi connectivity index (χ2n) is 7.00. The normalized spacial score (nSPS) is 22.0. The molecule has 0 radical (unpaired) electrons. The largest absolute Gasteiger partial charge is 0.416 e. The molecule has 28 heavy (non-hydrogen) atoms. The van der Waals surface area contributed by atoms with Crippen LogP contribution in [0.15, 0.2) is 42.6 Å². The van der Waals surface area contributed by atoms with Gasteiger partial charge < -0.3 is 15.0 Å². The Morgan fingerprint density at radius 1 is 1.14 bits per heavy atom. The van der Waals surface area contributed by atoms with Gasteiger partial charge in [-0.15, -0.1) is 0 Å². The molecule has 5 nitrogen and oxygen atoms in total. The summed E-state index contributed by atoms with van der Waals surface area (Å²) in [7, 11) is 0. The highest BCUT2D eigenvalue weighted by Gasteiger charge is 2.48. The first-order valence-electron chi connectivity index (χ1n) is 9.20. The second-order valence-corrected chi connectivity index (χ2v) is 7.00. The molecule has 148 valence electrons. The minimum atomic E-state index is -4.42. The fourth-order valence-corrected chi connectivity index (χ4v) is 3.65. The standard InChI is InChI=1S/C20H20F3N3O2/c21-20(22,23)16-5-2-1-4-13(16)14-12-15(14)19(27)25-17-6-3-7-24-18(17)26-8-10-28-11-9-26/h1-7,14-15H,8-12H2,(H,25,27)/t14-,15+/m0/s1. The predicted molar refractivity (Wildman–Crippen MR) is 98.2 cm³/mol. The van der Waals surface area contributed by atoms with Gasteiger partial charge in [-0.25, -0.2) is 4.98 Å². The summed E-state index contributed by atoms with van der Waals surface area (Å²) in [6.07, 6.45) is -2.36. The average molecular weight is 391 g/mol. The van der Waals surface area contributed by atoms with Crippen molar-refractivity contribution in [2.24, 2.45) is 5.92 Å². The monoisotopic (exact) mass is 391 g/mol. The molecule has 1 saturated heterocycles. The lowest BCUT2D eigenvalue weighted by molar-refractivity contribution is -0.138. The van der Waals surface area contributed by atoms with Crippen molar-refractivity contribution in [1.29, 1.82) is 0 Å². The topological polar surface area (TPSA) is 54.5 Å². The van der Waals surface area contributed by atoms with Crippen molar-refractivity contribution in [3.05, 3.63) is 53.7 Å². The van der Waals surface area contributed by atoms with Crippen LogP contribution in [0.4, 0.5) is 24.7 Å². The Labute approximate surface area is 160 Å². The van der Waals surface area contributed by atoms with E-state index in [9.17, 15) is 18.0 Å². The first kappa shape index (κ1) is 18.7. The lowest BCUT2D eigenvalue weighted by Gasteiger charge is -2.29. The van der Waals surface area contributed by atoms with Gasteiger partial charge in [-0.3, -0.25) is 4.79 Å². The average Bonchev–Trinajstić information content (AvgIpc) is 3.49. The summed E-state index contributed by atoms with van der Waals surface area (Å²) < 4.78 is 45.1. The third-order valence-electron chi connectivity index (χ3n) is 5.15. The molecule has 1 aliphatic carbocycles. The Kier molecular flexibility index (Phi) is 4.97. The zero-order chi connectivity index (χ0) is 19.7. The van der Waals surface area contributed by atoms with E-state index < -0.39 is 23.6 Å². The summed E-state index contributed by atoms with van der Waals surface area (Å²) in [4.78, 5) is 19.1. The van der Waals surface area contributed by atoms with Crippen molar-refractivity contribution in [2.45, 2.75) is 18.5 Å². The van der Waals surface area contributed by atoms with Gasteiger partial charge in [0.25, 0.3) is 0 Å². The Morgan fingerprint density at radius 2 is 1.89 bits per heavy atom. The third kappa shape index (κ3) is 3.82. The molecule has 0 unspecified atom stereocenters. The number of carbonyl (C=O) groups is 1. The van der Waals surface area contributed by atoms with Crippen LogP contribution < -0.4 is 10.2 Å². The summed E-state index contributed by atoms with van der Waals surface area (Å²) in [5, 5.41) is 2.86. The van der Waals surface area contributed by atoms with Gasteiger partial charge in [0.05, 0.1) is 24.5 Å². The molecule has 1 saturated carbocycles. The van der Waals surface area contributed by atoms with E-state index in [2.05, 4.69) is 10.3 Å². The Morgan fingerprint density at radius 3 is 2.64 bits per heavy atom. The van der Waals surface area contributed by atoms with Gasteiger partial charge in [0, 0.05) is 25.2 Å². The summed E-state index contributed by atoms with van der Waals surface area (Å²) in [6.45, 7) is 2.52. The van der Waals surface area contributed by atoms with Crippen LogP contribution >= 0.6 is 0 Å². The van der Waals surface area contributed by atoms with Crippen molar-refractivity contribution in [3.63, 3.8) is 0 Å². The number of alkyl halides is 3. The Bertz CT molecular complexity index is 866. The van der Waals surface area contributed by atoms with Gasteiger partial charge in [-0.1, -0.05) is 18.2 Å². The number of rotatable bonds is 4. The van der Waals surface area contributed by atoms with E-state index >= 15 is 0 Å². The third-order valence-corrected chi connectivity index (χ3v) is 5.15. The maximum Gasteiger partial charge on any atom is 0.416 e. The molecule has 2 aliphatic rings. The predicted octanol–water partition coefficient (Wildman–Crippen LogP) is 3.68. The number of nitrogens with one attached hydrogen (secondary N) is 1. The van der Waals surface area contributed by atoms with E-state index in [1.807, 2.05) is 4.90 Å². The van der Waals surface area contributed by atoms with Gasteiger partial charge in [0.15, 0.2) is 5.82 Å². The highest BCUT2D eigenvalue weighted by atomic mass is 19.4. The SMILES string of the molecule is O=C(Nc1cccnc1N1CCOCC1)[C@@H]1C[C@H]1c1ccccc1C(F)(F)F. The van der Waals surface area contributed by atoms with E-state index in [0.717, 1.165) is 6.07 Å². The number of nitrogens with zero attached hydrogens (tertiary/aromatic N) is 2. The molecular weight excluding hydrogens is 371 g/mol. The van der Waals surface area contributed by atoms with Crippen LogP contribution in [0.5, 0.6) is 0 Å². The number of ether oxygens (including phenoxy) is 1. The Hall–Kier alpha value is -2.61. The number of aromatic nitrogens is 1. The van der Waals surface area contributed by atoms with Gasteiger partial charge in [0.1, 0.15) is 0 Å². The molecule has 2 atom stereocenters. The van der Waals surface area contributed by atoms with Crippen molar-refractivity contribution in [2.75, 3.05) is 36.5 Å². The molecule has 1 aromatic heterocycles. The Balaban J connectivity index is 1.49. The van der Waals surface area contributed by atoms with Gasteiger partial charge in [0.2, 0.25) is 5.91 Å². The fraction of sp³-hybridized carbons (Fsp3) is 0.400. The van der Waals surface area contributed by atoms with E-state index in [1.165, 1.54) is 12.1 Å². The van der Waals surface area contributed by atoms with Crippen LogP contribution in [0.1, 0.15) is 23.5 Å². The summed E-state index contributed by atoms with van der Waals surface area (Å²) in [5.41, 5.74) is 0.101. The summed E-state index contributed by atoms with van der Waals surface area (Å²) >= 11 is 0. The first-order valence-corrected chi connectivity index (χ1v) is 9.20. The number of morpholine rings is 1. The molecular formula is C20H20F3N3O2. The molecule has 2 aromatic rings. The molecule has 0 bridgehead atoms. The fourth-order valence-electron chi connectivity index (χ4n) is 3.65. The van der Waals surface area contributed by atoms with Crippen LogP contribution in [0.2, 0.25) is 0 Å². The highest BCUT2D eigenvalue weighted by molar-refractivity contribution is 5.97. The molecule has 1 aliphatic heterocycles. The zero-order valence-electron chi connectivity index (χ0n) is 15.1. The first-order chi connectivity index (χ1) is 13.4. The minimum absolute atomic E-state index is 0.190. The quantitative estimate of drug-likeness (QED) is 0.864. The van der Waals surface area contributed by atoms with Crippen LogP contribution in [0, 0.1) is 5.92 Å². The maximum atomic E-state index is 13.2. The van der Waals surface area contributed by atoms with Gasteiger partial charge in [-0.05, 0) is 36.1 Å². The summed E-state index contributed by atoms with van der Waals surface area (Å²) in [5.74, 6) is -0.501. The number of carbonyl (C=O) groups excluding carboxylic acids is 1. The number of amides is 1. The number of pyridine rings is 1. The molecule has 1 aromatic carbocycles. The van der Waals surface area contributed by atoms with E-state index in [-0.39, 0.29) is 11.5 Å². The molecule has 2 fully saturated rings. The lowest BCUT2D eigenvalue weighted by Crippen LogP contribution is -2.37. The van der Waals surface area contributed by atoms with Crippen LogP contribution in [-0.2, 0) is 15.7 Å². The molecule has 1 amide bonds. The van der Waals surface area contributed by atoms with Crippen LogP contribution in [0.25, 0.3) is 0 Å². The molecule has 4 rings (SSSR count). The van der Waals surface area contributed by atoms with Gasteiger partial charge in [-0.2, -0.15) is 13.2 Å². The van der Waals surface area contributed by atoms with Crippen molar-refractivity contribution < 1.29 is 22.7 Å². The lowest BCUT2D eigenvalue weighted by atomic mass is 10.0. The molecule has 1 N–H and O–H groups in total. The van der Waals surface area contributed by atoms with Gasteiger partial charge >= 0.3 is 6.18 Å². The van der Waals surface area contributed by atoms with E-state index in [1.54, 1.807) is 24.4 Å². The number of benzene rings is 1. The minimum Gasteiger partial charge on any atom is -0.378 e. The number of anilines is 2. The van der Waals surface area contributed by atoms with Crippen molar-refractivity contribution in [3.8, 4) is 0 Å². The highest BCUT2D eigenvalue weighted by Crippen LogP contribution is 2.51.